The Hall–Kier alpha value is -2.12. The summed E-state index contributed by atoms with van der Waals surface area (Å²) in [5.41, 5.74) is -3.82. The first-order valence-electron chi connectivity index (χ1n) is 5.67. The molecule has 145 valence electrons. The zero-order chi connectivity index (χ0) is 21.2. The summed E-state index contributed by atoms with van der Waals surface area (Å²) in [5, 5.41) is 0. The van der Waals surface area contributed by atoms with Crippen molar-refractivity contribution in [1.82, 2.24) is 9.97 Å². The maximum absolute atomic E-state index is 10.7. The van der Waals surface area contributed by atoms with E-state index in [2.05, 4.69) is 29.9 Å². The summed E-state index contributed by atoms with van der Waals surface area (Å²) in [6.07, 6.45) is 3.54. The molecule has 2 aromatic rings. The van der Waals surface area contributed by atoms with Crippen LogP contribution in [0, 0.1) is 20.0 Å². The fourth-order valence-electron chi connectivity index (χ4n) is 1.03. The molecule has 8 nitrogen and oxygen atoms in total. The third-order valence-corrected chi connectivity index (χ3v) is 2.44. The van der Waals surface area contributed by atoms with E-state index < -0.39 is 15.6 Å². The van der Waals surface area contributed by atoms with Gasteiger partial charge in [0.2, 0.25) is 0 Å². The fourth-order valence-corrected chi connectivity index (χ4v) is 1.03. The van der Waals surface area contributed by atoms with Gasteiger partial charge in [0.15, 0.2) is 10.1 Å². The number of rotatable bonds is 1. The molecule has 0 bridgehead atoms. The molecule has 0 aliphatic carbocycles. The fraction of sp³-hybridized carbons (Fsp3) is 0.0714. The first kappa shape index (κ1) is 32.5. The molecule has 0 spiro atoms. The van der Waals surface area contributed by atoms with Crippen LogP contribution in [0.15, 0.2) is 48.8 Å². The Morgan fingerprint density at radius 3 is 1.22 bits per heavy atom. The zero-order valence-electron chi connectivity index (χ0n) is 12.9. The van der Waals surface area contributed by atoms with Gasteiger partial charge in [0.25, 0.3) is 0 Å². The molecule has 2 aromatic heterocycles. The molecule has 0 aliphatic heterocycles. The van der Waals surface area contributed by atoms with Crippen molar-refractivity contribution in [1.29, 1.82) is 0 Å². The Kier molecular flexibility index (Phi) is 22.5. The van der Waals surface area contributed by atoms with Crippen molar-refractivity contribution in [2.24, 2.45) is 0 Å². The molecule has 0 aliphatic rings. The molecule has 13 heteroatoms. The molecule has 0 aromatic carbocycles. The van der Waals surface area contributed by atoms with Gasteiger partial charge in [-0.1, -0.05) is 12.1 Å². The van der Waals surface area contributed by atoms with Crippen LogP contribution in [0.2, 0.25) is 0 Å². The topological polar surface area (TPSA) is 143 Å². The normalized spacial score (nSPS) is 8.67. The number of hydrogen-bond acceptors (Lipinski definition) is 5. The molecule has 0 N–H and O–H groups in total. The standard InChI is InChI=1S/C10H8N2.CHF3O3S.3CO.Re/c1-3-7-11-9(5-1)10-6-2-4-8-12-10;2-1(3,4)8(5,6)7;3*1-2;/h1-8H;(H,5,6,7);;;;/p-1. The number of halogens is 3. The van der Waals surface area contributed by atoms with Gasteiger partial charge in [-0.25, -0.2) is 8.42 Å². The average Bonchev–Trinajstić information content (AvgIpc) is 2.67. The van der Waals surface area contributed by atoms with E-state index in [1.54, 1.807) is 12.4 Å². The Labute approximate surface area is 166 Å². The SMILES string of the molecule is O=S(=O)([O-])C(F)(F)F.[C-]#[O+].[C-]#[O+].[C-]#[O+].[Re].c1ccc(-c2ccccn2)nc1. The minimum atomic E-state index is -6.09. The maximum atomic E-state index is 10.7. The Morgan fingerprint density at radius 1 is 0.815 bits per heavy atom. The third-order valence-electron chi connectivity index (χ3n) is 1.88. The van der Waals surface area contributed by atoms with E-state index in [1.807, 2.05) is 36.4 Å². The van der Waals surface area contributed by atoms with Crippen LogP contribution in [-0.2, 0) is 44.5 Å². The minimum Gasteiger partial charge on any atom is -0.255 e. The number of aromatic nitrogens is 2. The largest absolute Gasteiger partial charge is 0.255 e. The summed E-state index contributed by atoms with van der Waals surface area (Å²) in [7, 11) is -6.09. The summed E-state index contributed by atoms with van der Waals surface area (Å²) in [4.78, 5) is 8.37. The minimum absolute atomic E-state index is 0. The van der Waals surface area contributed by atoms with Crippen LogP contribution in [0.1, 0.15) is 0 Å². The second-order valence-electron chi connectivity index (χ2n) is 3.33. The number of alkyl halides is 3. The van der Waals surface area contributed by atoms with Crippen molar-refractivity contribution in [3.8, 4) is 11.4 Å². The van der Waals surface area contributed by atoms with Crippen molar-refractivity contribution in [2.75, 3.05) is 0 Å². The monoisotopic (exact) mass is 576 g/mol. The third kappa shape index (κ3) is 15.8. The second kappa shape index (κ2) is 18.7. The van der Waals surface area contributed by atoms with Gasteiger partial charge in [-0.05, 0) is 24.3 Å². The molecule has 0 fully saturated rings. The van der Waals surface area contributed by atoms with E-state index in [1.165, 1.54) is 0 Å². The summed E-state index contributed by atoms with van der Waals surface area (Å²) < 4.78 is 81.4. The van der Waals surface area contributed by atoms with Crippen LogP contribution in [0.5, 0.6) is 0 Å². The molecule has 0 saturated heterocycles. The number of pyridine rings is 2. The van der Waals surface area contributed by atoms with Crippen LogP contribution in [0.3, 0.4) is 0 Å². The van der Waals surface area contributed by atoms with Gasteiger partial charge < -0.3 is 4.55 Å². The van der Waals surface area contributed by atoms with Crippen molar-refractivity contribution >= 4 is 10.1 Å². The molecule has 0 atom stereocenters. The Balaban J connectivity index is -0.000000156. The van der Waals surface area contributed by atoms with Crippen molar-refractivity contribution < 1.29 is 60.5 Å². The van der Waals surface area contributed by atoms with E-state index in [0.29, 0.717) is 0 Å². The average molecular weight is 575 g/mol. The summed E-state index contributed by atoms with van der Waals surface area (Å²) in [6, 6.07) is 11.6. The van der Waals surface area contributed by atoms with Crippen LogP contribution < -0.4 is 0 Å². The Morgan fingerprint density at radius 2 is 1.07 bits per heavy atom. The van der Waals surface area contributed by atoms with Crippen molar-refractivity contribution in [3.05, 3.63) is 68.7 Å². The van der Waals surface area contributed by atoms with Crippen molar-refractivity contribution in [3.63, 3.8) is 0 Å². The van der Waals surface area contributed by atoms with Crippen LogP contribution >= 0.6 is 0 Å². The van der Waals surface area contributed by atoms with E-state index >= 15 is 0 Å². The molecule has 2 heterocycles. The molecule has 2 rings (SSSR count). The molecule has 27 heavy (non-hydrogen) atoms. The second-order valence-corrected chi connectivity index (χ2v) is 4.70. The molecule has 0 saturated carbocycles. The molecular weight excluding hydrogens is 567 g/mol. The van der Waals surface area contributed by atoms with Gasteiger partial charge in [-0.2, -0.15) is 13.2 Å². The van der Waals surface area contributed by atoms with Crippen molar-refractivity contribution in [2.45, 2.75) is 5.51 Å². The summed E-state index contributed by atoms with van der Waals surface area (Å²) in [5.74, 6) is 0. The molecule has 1 radical (unpaired) electrons. The molecule has 0 amide bonds. The van der Waals surface area contributed by atoms with E-state index in [9.17, 15) is 13.2 Å². The first-order chi connectivity index (χ1) is 12.2. The summed E-state index contributed by atoms with van der Waals surface area (Å²) in [6.45, 7) is 13.5. The molecule has 0 unspecified atom stereocenters. The molecular formula is C14H8F3N2O6ReS-. The van der Waals surface area contributed by atoms with E-state index in [-0.39, 0.29) is 20.4 Å². The first-order valence-corrected chi connectivity index (χ1v) is 7.08. The van der Waals surface area contributed by atoms with Gasteiger partial charge in [-0.3, -0.25) is 9.97 Å². The summed E-state index contributed by atoms with van der Waals surface area (Å²) >= 11 is 0. The van der Waals surface area contributed by atoms with Crippen LogP contribution in [0.4, 0.5) is 13.2 Å². The van der Waals surface area contributed by atoms with E-state index in [4.69, 9.17) is 26.9 Å². The maximum Gasteiger partial charge on any atom is 0.0886 e. The number of hydrogen-bond donors (Lipinski definition) is 0. The van der Waals surface area contributed by atoms with Crippen LogP contribution in [0.25, 0.3) is 11.4 Å². The predicted octanol–water partition coefficient (Wildman–Crippen LogP) is 2.08. The van der Waals surface area contributed by atoms with Crippen LogP contribution in [-0.4, -0.2) is 28.4 Å². The van der Waals surface area contributed by atoms with Gasteiger partial charge in [0, 0.05) is 32.8 Å². The van der Waals surface area contributed by atoms with Gasteiger partial charge in [0.05, 0.1) is 11.4 Å². The quantitative estimate of drug-likeness (QED) is 0.222. The van der Waals surface area contributed by atoms with Gasteiger partial charge in [0.1, 0.15) is 0 Å². The Bertz CT molecular complexity index is 714. The number of nitrogens with zero attached hydrogens (tertiary/aromatic N) is 2. The van der Waals surface area contributed by atoms with Gasteiger partial charge >= 0.3 is 39.4 Å². The van der Waals surface area contributed by atoms with E-state index in [0.717, 1.165) is 11.4 Å². The van der Waals surface area contributed by atoms with Gasteiger partial charge in [-0.15, -0.1) is 0 Å². The smallest absolute Gasteiger partial charge is 0.0886 e. The zero-order valence-corrected chi connectivity index (χ0v) is 16.4. The predicted molar refractivity (Wildman–Crippen MR) is 75.0 cm³/mol.